The molecule has 2 aromatic carbocycles. The van der Waals surface area contributed by atoms with Gasteiger partial charge in [-0.1, -0.05) is 24.3 Å². The van der Waals surface area contributed by atoms with Crippen LogP contribution < -0.4 is 15.2 Å². The van der Waals surface area contributed by atoms with Crippen molar-refractivity contribution >= 4 is 27.8 Å². The number of fused-ring (bicyclic) bond motifs is 3. The first-order chi connectivity index (χ1) is 14.2. The van der Waals surface area contributed by atoms with Crippen LogP contribution in [-0.2, 0) is 6.54 Å². The van der Waals surface area contributed by atoms with Gasteiger partial charge in [0.15, 0.2) is 0 Å². The zero-order valence-corrected chi connectivity index (χ0v) is 16.2. The molecule has 0 bridgehead atoms. The summed E-state index contributed by atoms with van der Waals surface area (Å²) >= 11 is 0. The van der Waals surface area contributed by atoms with E-state index in [0.717, 1.165) is 43.0 Å². The molecule has 7 nitrogen and oxygen atoms in total. The Morgan fingerprint density at radius 3 is 2.66 bits per heavy atom. The molecule has 2 aromatic heterocycles. The highest BCUT2D eigenvalue weighted by atomic mass is 16.5. The van der Waals surface area contributed by atoms with Gasteiger partial charge in [0.1, 0.15) is 22.7 Å². The van der Waals surface area contributed by atoms with Crippen LogP contribution in [0.4, 0.5) is 5.69 Å². The SMILES string of the molecule is COc1ccccc1N1CCN(Cc2nc3c(oc4ccccc43)c(=O)[nH]2)CC1. The third-order valence-corrected chi connectivity index (χ3v) is 5.45. The average Bonchev–Trinajstić information content (AvgIpc) is 3.14. The third kappa shape index (κ3) is 3.23. The fraction of sp³-hybridized carbons (Fsp3) is 0.273. The fourth-order valence-electron chi connectivity index (χ4n) is 3.97. The van der Waals surface area contributed by atoms with Gasteiger partial charge in [0.2, 0.25) is 5.58 Å². The lowest BCUT2D eigenvalue weighted by Crippen LogP contribution is -2.46. The van der Waals surface area contributed by atoms with Gasteiger partial charge in [-0.15, -0.1) is 0 Å². The van der Waals surface area contributed by atoms with Gasteiger partial charge in [0.05, 0.1) is 19.3 Å². The fourth-order valence-corrected chi connectivity index (χ4v) is 3.97. The summed E-state index contributed by atoms with van der Waals surface area (Å²) in [6, 6.07) is 15.7. The highest BCUT2D eigenvalue weighted by Gasteiger charge is 2.21. The maximum Gasteiger partial charge on any atom is 0.294 e. The number of anilines is 1. The second kappa shape index (κ2) is 7.25. The Bertz CT molecular complexity index is 1220. The summed E-state index contributed by atoms with van der Waals surface area (Å²) in [4.78, 5) is 24.7. The molecule has 4 aromatic rings. The number of para-hydroxylation sites is 3. The molecule has 0 saturated carbocycles. The molecule has 0 amide bonds. The van der Waals surface area contributed by atoms with E-state index in [-0.39, 0.29) is 11.1 Å². The van der Waals surface area contributed by atoms with Crippen molar-refractivity contribution in [1.82, 2.24) is 14.9 Å². The van der Waals surface area contributed by atoms with Gasteiger partial charge in [-0.25, -0.2) is 4.98 Å². The van der Waals surface area contributed by atoms with E-state index in [2.05, 4.69) is 20.9 Å². The molecule has 0 spiro atoms. The minimum absolute atomic E-state index is 0.228. The quantitative estimate of drug-likeness (QED) is 0.577. The van der Waals surface area contributed by atoms with Crippen LogP contribution in [0.25, 0.3) is 22.1 Å². The zero-order valence-electron chi connectivity index (χ0n) is 16.2. The molecule has 1 aliphatic heterocycles. The first-order valence-corrected chi connectivity index (χ1v) is 9.73. The van der Waals surface area contributed by atoms with Crippen LogP contribution in [0.15, 0.2) is 57.7 Å². The Labute approximate surface area is 167 Å². The lowest BCUT2D eigenvalue weighted by molar-refractivity contribution is 0.243. The molecule has 0 radical (unpaired) electrons. The second-order valence-electron chi connectivity index (χ2n) is 7.22. The van der Waals surface area contributed by atoms with E-state index in [4.69, 9.17) is 14.1 Å². The van der Waals surface area contributed by atoms with E-state index < -0.39 is 0 Å². The smallest absolute Gasteiger partial charge is 0.294 e. The zero-order chi connectivity index (χ0) is 19.8. The number of rotatable bonds is 4. The highest BCUT2D eigenvalue weighted by molar-refractivity contribution is 6.01. The number of H-pyrrole nitrogens is 1. The summed E-state index contributed by atoms with van der Waals surface area (Å²) in [7, 11) is 1.70. The summed E-state index contributed by atoms with van der Waals surface area (Å²) in [6.07, 6.45) is 0. The summed E-state index contributed by atoms with van der Waals surface area (Å²) in [5.74, 6) is 1.56. The van der Waals surface area contributed by atoms with Crippen LogP contribution in [0.3, 0.4) is 0 Å². The molecule has 1 fully saturated rings. The number of hydrogen-bond donors (Lipinski definition) is 1. The van der Waals surface area contributed by atoms with Crippen LogP contribution >= 0.6 is 0 Å². The number of piperazine rings is 1. The topological polar surface area (TPSA) is 74.6 Å². The first-order valence-electron chi connectivity index (χ1n) is 9.73. The minimum Gasteiger partial charge on any atom is -0.495 e. The number of nitrogens with zero attached hydrogens (tertiary/aromatic N) is 3. The summed E-state index contributed by atoms with van der Waals surface area (Å²) in [6.45, 7) is 4.14. The number of nitrogens with one attached hydrogen (secondary N) is 1. The van der Waals surface area contributed by atoms with Crippen LogP contribution in [0.1, 0.15) is 5.82 Å². The van der Waals surface area contributed by atoms with E-state index in [9.17, 15) is 4.79 Å². The largest absolute Gasteiger partial charge is 0.495 e. The van der Waals surface area contributed by atoms with E-state index >= 15 is 0 Å². The molecular formula is C22H22N4O3. The Morgan fingerprint density at radius 1 is 1.07 bits per heavy atom. The average molecular weight is 390 g/mol. The van der Waals surface area contributed by atoms with Crippen LogP contribution in [0.5, 0.6) is 5.75 Å². The Hall–Kier alpha value is -3.32. The highest BCUT2D eigenvalue weighted by Crippen LogP contribution is 2.28. The molecular weight excluding hydrogens is 368 g/mol. The van der Waals surface area contributed by atoms with E-state index in [1.807, 2.05) is 42.5 Å². The monoisotopic (exact) mass is 390 g/mol. The first kappa shape index (κ1) is 17.8. The number of benzene rings is 2. The molecule has 5 rings (SSSR count). The van der Waals surface area contributed by atoms with Gasteiger partial charge in [-0.3, -0.25) is 9.69 Å². The van der Waals surface area contributed by atoms with Crippen molar-refractivity contribution in [3.63, 3.8) is 0 Å². The predicted molar refractivity (Wildman–Crippen MR) is 113 cm³/mol. The minimum atomic E-state index is -0.228. The molecule has 148 valence electrons. The summed E-state index contributed by atoms with van der Waals surface area (Å²) in [5, 5.41) is 0.871. The van der Waals surface area contributed by atoms with Crippen molar-refractivity contribution < 1.29 is 9.15 Å². The van der Waals surface area contributed by atoms with Gasteiger partial charge in [0.25, 0.3) is 5.56 Å². The molecule has 3 heterocycles. The Morgan fingerprint density at radius 2 is 1.83 bits per heavy atom. The van der Waals surface area contributed by atoms with Crippen molar-refractivity contribution in [1.29, 1.82) is 0 Å². The lowest BCUT2D eigenvalue weighted by Gasteiger charge is -2.36. The van der Waals surface area contributed by atoms with Crippen molar-refractivity contribution in [2.45, 2.75) is 6.54 Å². The molecule has 1 saturated heterocycles. The maximum atomic E-state index is 12.5. The number of furan rings is 1. The van der Waals surface area contributed by atoms with Crippen molar-refractivity contribution in [3.05, 3.63) is 64.7 Å². The second-order valence-corrected chi connectivity index (χ2v) is 7.22. The van der Waals surface area contributed by atoms with E-state index in [1.165, 1.54) is 0 Å². The van der Waals surface area contributed by atoms with Gasteiger partial charge < -0.3 is 19.0 Å². The van der Waals surface area contributed by atoms with Gasteiger partial charge >= 0.3 is 0 Å². The van der Waals surface area contributed by atoms with E-state index in [0.29, 0.717) is 23.5 Å². The normalized spacial score (nSPS) is 15.3. The van der Waals surface area contributed by atoms with Gasteiger partial charge in [0, 0.05) is 31.6 Å². The third-order valence-electron chi connectivity index (χ3n) is 5.45. The lowest BCUT2D eigenvalue weighted by atomic mass is 10.2. The van der Waals surface area contributed by atoms with Gasteiger partial charge in [-0.2, -0.15) is 0 Å². The van der Waals surface area contributed by atoms with Crippen molar-refractivity contribution in [3.8, 4) is 5.75 Å². The molecule has 1 N–H and O–H groups in total. The van der Waals surface area contributed by atoms with Crippen LogP contribution in [-0.4, -0.2) is 48.2 Å². The van der Waals surface area contributed by atoms with Crippen LogP contribution in [0, 0.1) is 0 Å². The Balaban J connectivity index is 1.34. The summed E-state index contributed by atoms with van der Waals surface area (Å²) in [5.41, 5.74) is 2.49. The molecule has 1 aliphatic rings. The molecule has 7 heteroatoms. The molecule has 29 heavy (non-hydrogen) atoms. The number of aromatic nitrogens is 2. The summed E-state index contributed by atoms with van der Waals surface area (Å²) < 4.78 is 11.2. The standard InChI is InChI=1S/C22H22N4O3/c1-28-18-9-5-3-7-16(18)26-12-10-25(11-13-26)14-19-23-20-15-6-2-4-8-17(15)29-21(20)22(27)24-19/h2-9H,10-14H2,1H3,(H,23,24,27). The molecule has 0 atom stereocenters. The van der Waals surface area contributed by atoms with E-state index in [1.54, 1.807) is 7.11 Å². The number of hydrogen-bond acceptors (Lipinski definition) is 6. The predicted octanol–water partition coefficient (Wildman–Crippen LogP) is 3.00. The van der Waals surface area contributed by atoms with Crippen molar-refractivity contribution in [2.24, 2.45) is 0 Å². The Kier molecular flexibility index (Phi) is 4.44. The number of methoxy groups -OCH3 is 1. The number of ether oxygens (including phenoxy) is 1. The van der Waals surface area contributed by atoms with Gasteiger partial charge in [-0.05, 0) is 24.3 Å². The molecule has 0 aliphatic carbocycles. The van der Waals surface area contributed by atoms with Crippen LogP contribution in [0.2, 0.25) is 0 Å². The molecule has 0 unspecified atom stereocenters. The number of aromatic amines is 1. The van der Waals surface area contributed by atoms with Crippen molar-refractivity contribution in [2.75, 3.05) is 38.2 Å². The maximum absolute atomic E-state index is 12.5.